The van der Waals surface area contributed by atoms with Gasteiger partial charge in [-0.3, -0.25) is 4.79 Å². The number of alkyl halides is 1. The number of hydrogen-bond donors (Lipinski definition) is 1. The molecule has 0 saturated carbocycles. The molecule has 3 aliphatic rings. The number of hydrogen-bond acceptors (Lipinski definition) is 10. The summed E-state index contributed by atoms with van der Waals surface area (Å²) in [5.41, 5.74) is 3.22. The molecule has 46 heavy (non-hydrogen) atoms. The summed E-state index contributed by atoms with van der Waals surface area (Å²) in [5, 5.41) is 5.31. The van der Waals surface area contributed by atoms with E-state index < -0.39 is 22.1 Å². The number of nitrogens with zero attached hydrogens (tertiary/aromatic N) is 6. The number of amides is 1. The van der Waals surface area contributed by atoms with Crippen molar-refractivity contribution in [3.63, 3.8) is 0 Å². The average molecular weight is 652 g/mol. The van der Waals surface area contributed by atoms with Gasteiger partial charge < -0.3 is 24.8 Å². The fourth-order valence-corrected chi connectivity index (χ4v) is 8.08. The number of benzene rings is 1. The molecule has 1 aromatic carbocycles. The number of likely N-dealkylation sites (tertiary alicyclic amines) is 1. The Balaban J connectivity index is 1.36. The van der Waals surface area contributed by atoms with E-state index in [0.29, 0.717) is 50.2 Å². The van der Waals surface area contributed by atoms with Crippen LogP contribution in [0.3, 0.4) is 0 Å². The first-order chi connectivity index (χ1) is 22.0. The molecule has 1 amide bonds. The Morgan fingerprint density at radius 3 is 2.54 bits per heavy atom. The fraction of sp³-hybridized carbons (Fsp3) is 0.515. The zero-order valence-corrected chi connectivity index (χ0v) is 27.6. The number of ether oxygens (including phenoxy) is 1. The van der Waals surface area contributed by atoms with Gasteiger partial charge in [0.1, 0.15) is 27.6 Å². The number of aromatic nitrogens is 3. The fourth-order valence-electron chi connectivity index (χ4n) is 7.01. The maximum Gasteiger partial charge on any atom is 0.246 e. The maximum absolute atomic E-state index is 14.6. The largest absolute Gasteiger partial charge is 0.378 e. The number of rotatable bonds is 10. The molecule has 246 valence electrons. The van der Waals surface area contributed by atoms with E-state index in [1.807, 2.05) is 22.1 Å². The lowest BCUT2D eigenvalue weighted by Gasteiger charge is -2.45. The molecule has 13 heteroatoms. The molecule has 3 fully saturated rings. The second-order valence-corrected chi connectivity index (χ2v) is 15.1. The molecule has 5 heterocycles. The van der Waals surface area contributed by atoms with E-state index in [2.05, 4.69) is 46.7 Å². The second kappa shape index (κ2) is 12.7. The van der Waals surface area contributed by atoms with Crippen molar-refractivity contribution in [2.75, 3.05) is 67.0 Å². The molecular weight excluding hydrogens is 609 g/mol. The lowest BCUT2D eigenvalue weighted by atomic mass is 9.82. The van der Waals surface area contributed by atoms with Gasteiger partial charge in [0.2, 0.25) is 11.9 Å². The van der Waals surface area contributed by atoms with Crippen LogP contribution in [-0.2, 0) is 19.4 Å². The minimum atomic E-state index is -3.08. The predicted molar refractivity (Wildman–Crippen MR) is 178 cm³/mol. The molecule has 0 aliphatic carbocycles. The highest BCUT2D eigenvalue weighted by atomic mass is 32.2. The summed E-state index contributed by atoms with van der Waals surface area (Å²) in [4.78, 5) is 32.4. The van der Waals surface area contributed by atoms with Gasteiger partial charge in [0.05, 0.1) is 24.4 Å². The van der Waals surface area contributed by atoms with Crippen LogP contribution in [0.25, 0.3) is 10.8 Å². The molecule has 0 radical (unpaired) electrons. The average Bonchev–Trinajstić information content (AvgIpc) is 2.97. The van der Waals surface area contributed by atoms with E-state index >= 15 is 0 Å². The second-order valence-electron chi connectivity index (χ2n) is 13.0. The molecule has 11 nitrogen and oxygen atoms in total. The molecule has 0 bridgehead atoms. The van der Waals surface area contributed by atoms with Gasteiger partial charge in [0, 0.05) is 68.9 Å². The van der Waals surface area contributed by atoms with Crippen molar-refractivity contribution in [2.45, 2.75) is 50.9 Å². The number of fused-ring (bicyclic) bond motifs is 1. The Kier molecular flexibility index (Phi) is 8.90. The molecule has 2 aromatic heterocycles. The van der Waals surface area contributed by atoms with Crippen molar-refractivity contribution in [3.8, 4) is 0 Å². The van der Waals surface area contributed by atoms with Crippen LogP contribution in [0.5, 0.6) is 0 Å². The number of sulfone groups is 1. The van der Waals surface area contributed by atoms with Gasteiger partial charge in [-0.1, -0.05) is 20.4 Å². The minimum Gasteiger partial charge on any atom is -0.378 e. The predicted octanol–water partition coefficient (Wildman–Crippen LogP) is 4.40. The molecular formula is C33H42FN7O4S. The van der Waals surface area contributed by atoms with E-state index in [-0.39, 0.29) is 36.1 Å². The summed E-state index contributed by atoms with van der Waals surface area (Å²) in [7, 11) is -1.55. The highest BCUT2D eigenvalue weighted by molar-refractivity contribution is 7.90. The number of anilines is 4. The third-order valence-electron chi connectivity index (χ3n) is 9.29. The van der Waals surface area contributed by atoms with E-state index in [0.717, 1.165) is 34.0 Å². The van der Waals surface area contributed by atoms with E-state index in [1.54, 1.807) is 12.3 Å². The van der Waals surface area contributed by atoms with Crippen LogP contribution in [0, 0.1) is 5.92 Å². The standard InChI is InChI=1S/C33H42FN7O4S/c1-6-31(42)41-12-8-26(41)23-13-27(40-16-21(17-40)19-46(5,43)44)24-15-36-30(14-22(24)32(23)20(2)3)37-29-7-10-35-33(38-29)39-11-9-28(45-4)25(34)18-39/h6-7,10,13-15,20-21,25-26,28H,1,8-9,11-12,16-19H2,2-5H3,(H,35,36,37,38)/t25-,26-,28+/m0/s1. The number of methoxy groups -OCH3 is 1. The number of piperidine rings is 1. The van der Waals surface area contributed by atoms with Crippen LogP contribution in [0.1, 0.15) is 49.8 Å². The van der Waals surface area contributed by atoms with Gasteiger partial charge in [-0.05, 0) is 59.5 Å². The number of halogens is 1. The van der Waals surface area contributed by atoms with Gasteiger partial charge in [-0.25, -0.2) is 22.8 Å². The first-order valence-electron chi connectivity index (χ1n) is 15.8. The van der Waals surface area contributed by atoms with Crippen molar-refractivity contribution in [1.29, 1.82) is 0 Å². The summed E-state index contributed by atoms with van der Waals surface area (Å²) >= 11 is 0. The number of carbonyl (C=O) groups excluding carboxylic acids is 1. The Morgan fingerprint density at radius 1 is 1.13 bits per heavy atom. The highest BCUT2D eigenvalue weighted by Crippen LogP contribution is 2.45. The zero-order chi connectivity index (χ0) is 32.7. The minimum absolute atomic E-state index is 0.0645. The van der Waals surface area contributed by atoms with Gasteiger partial charge >= 0.3 is 0 Å². The molecule has 1 N–H and O–H groups in total. The number of carbonyl (C=O) groups is 1. The molecule has 3 saturated heterocycles. The van der Waals surface area contributed by atoms with Crippen LogP contribution in [0.15, 0.2) is 43.2 Å². The van der Waals surface area contributed by atoms with Crippen LogP contribution < -0.4 is 15.1 Å². The van der Waals surface area contributed by atoms with Crippen LogP contribution in [-0.4, -0.2) is 98.3 Å². The summed E-state index contributed by atoms with van der Waals surface area (Å²) in [5.74, 6) is 1.85. The molecule has 3 aromatic rings. The molecule has 3 atom stereocenters. The molecule has 6 rings (SSSR count). The van der Waals surface area contributed by atoms with Gasteiger partial charge in [0.25, 0.3) is 0 Å². The van der Waals surface area contributed by atoms with E-state index in [9.17, 15) is 17.6 Å². The van der Waals surface area contributed by atoms with Crippen LogP contribution in [0.2, 0.25) is 0 Å². The Morgan fingerprint density at radius 2 is 1.91 bits per heavy atom. The molecule has 3 aliphatic heterocycles. The summed E-state index contributed by atoms with van der Waals surface area (Å²) in [6.45, 7) is 10.7. The van der Waals surface area contributed by atoms with Crippen molar-refractivity contribution < 1.29 is 22.3 Å². The highest BCUT2D eigenvalue weighted by Gasteiger charge is 2.37. The van der Waals surface area contributed by atoms with Gasteiger partial charge in [-0.15, -0.1) is 0 Å². The Labute approximate surface area is 269 Å². The Bertz CT molecular complexity index is 1750. The SMILES string of the molecule is C=CC(=O)N1CC[C@H]1c1cc(N2CC(CS(C)(=O)=O)C2)c2cnc(Nc3ccnc(N4CC[C@@H](OC)[C@@H](F)C4)n3)cc2c1C(C)C. The van der Waals surface area contributed by atoms with Crippen molar-refractivity contribution >= 4 is 49.8 Å². The number of nitrogens with one attached hydrogen (secondary N) is 1. The summed E-state index contributed by atoms with van der Waals surface area (Å²) < 4.78 is 43.8. The zero-order valence-electron chi connectivity index (χ0n) is 26.8. The lowest BCUT2D eigenvalue weighted by molar-refractivity contribution is -0.133. The monoisotopic (exact) mass is 651 g/mol. The van der Waals surface area contributed by atoms with Crippen LogP contribution in [0.4, 0.5) is 27.7 Å². The van der Waals surface area contributed by atoms with Gasteiger partial charge in [-0.2, -0.15) is 4.98 Å². The van der Waals surface area contributed by atoms with Gasteiger partial charge in [0.15, 0.2) is 0 Å². The maximum atomic E-state index is 14.6. The van der Waals surface area contributed by atoms with Crippen molar-refractivity contribution in [2.24, 2.45) is 5.92 Å². The van der Waals surface area contributed by atoms with Crippen molar-refractivity contribution in [1.82, 2.24) is 19.9 Å². The lowest BCUT2D eigenvalue weighted by Crippen LogP contribution is -2.50. The van der Waals surface area contributed by atoms with E-state index in [4.69, 9.17) is 9.72 Å². The summed E-state index contributed by atoms with van der Waals surface area (Å²) in [6.07, 6.45) is 6.00. The first-order valence-corrected chi connectivity index (χ1v) is 17.9. The third-order valence-corrected chi connectivity index (χ3v) is 10.4. The normalized spacial score (nSPS) is 22.1. The molecule has 0 spiro atoms. The quantitative estimate of drug-likeness (QED) is 0.316. The third kappa shape index (κ3) is 6.39. The van der Waals surface area contributed by atoms with Crippen LogP contribution >= 0.6 is 0 Å². The van der Waals surface area contributed by atoms with E-state index in [1.165, 1.54) is 19.4 Å². The van der Waals surface area contributed by atoms with Crippen molar-refractivity contribution in [3.05, 3.63) is 54.4 Å². The smallest absolute Gasteiger partial charge is 0.246 e. The first kappa shape index (κ1) is 32.1. The summed E-state index contributed by atoms with van der Waals surface area (Å²) in [6, 6.07) is 5.88. The number of pyridine rings is 1. The molecule has 0 unspecified atom stereocenters. The topological polar surface area (TPSA) is 121 Å². The Hall–Kier alpha value is -3.84.